The summed E-state index contributed by atoms with van der Waals surface area (Å²) in [5.41, 5.74) is 0. The quantitative estimate of drug-likeness (QED) is 0.402. The zero-order valence-electron chi connectivity index (χ0n) is 13.9. The first-order chi connectivity index (χ1) is 11.5. The smallest absolute Gasteiger partial charge is 0.443 e. The van der Waals surface area contributed by atoms with Crippen molar-refractivity contribution in [3.63, 3.8) is 0 Å². The Hall–Kier alpha value is -1.05. The second kappa shape index (κ2) is 10.2. The van der Waals surface area contributed by atoms with E-state index < -0.39 is 39.8 Å². The van der Waals surface area contributed by atoms with Crippen LogP contribution in [0.5, 0.6) is 0 Å². The van der Waals surface area contributed by atoms with Crippen molar-refractivity contribution in [1.82, 2.24) is 5.32 Å². The monoisotopic (exact) mass is 401 g/mol. The topological polar surface area (TPSA) is 66.0 Å². The van der Waals surface area contributed by atoms with Crippen molar-refractivity contribution in [1.29, 1.82) is 0 Å². The molecule has 6 nitrogen and oxygen atoms in total. The fraction of sp³-hybridized carbons (Fsp3) is 0.917. The number of carbonyl (C=O) groups is 1. The van der Waals surface area contributed by atoms with Gasteiger partial charge in [0.05, 0.1) is 6.17 Å². The van der Waals surface area contributed by atoms with Gasteiger partial charge in [-0.15, -0.1) is 0 Å². The van der Waals surface area contributed by atoms with Gasteiger partial charge < -0.3 is 23.3 Å². The molecule has 0 radical (unpaired) electrons. The van der Waals surface area contributed by atoms with Crippen molar-refractivity contribution in [3.05, 3.63) is 0 Å². The number of nitrogens with one attached hydrogen (secondary N) is 1. The summed E-state index contributed by atoms with van der Waals surface area (Å²) in [6.45, 7) is 3.18. The van der Waals surface area contributed by atoms with Crippen LogP contribution in [0.15, 0.2) is 0 Å². The highest BCUT2D eigenvalue weighted by Gasteiger charge is 2.63. The van der Waals surface area contributed by atoms with Crippen molar-refractivity contribution in [3.8, 4) is 0 Å². The van der Waals surface area contributed by atoms with Crippen LogP contribution >= 0.6 is 0 Å². The Morgan fingerprint density at radius 2 is 1.44 bits per heavy atom. The molecule has 0 saturated carbocycles. The molecule has 150 valence electrons. The highest BCUT2D eigenvalue weighted by Crippen LogP contribution is 2.39. The number of halogens is 6. The predicted molar refractivity (Wildman–Crippen MR) is 75.9 cm³/mol. The summed E-state index contributed by atoms with van der Waals surface area (Å²) >= 11 is 0. The van der Waals surface area contributed by atoms with E-state index in [-0.39, 0.29) is 26.0 Å². The predicted octanol–water partition coefficient (Wildman–Crippen LogP) is 2.84. The Labute approximate surface area is 142 Å². The van der Waals surface area contributed by atoms with E-state index in [4.69, 9.17) is 13.3 Å². The van der Waals surface area contributed by atoms with E-state index in [1.807, 2.05) is 5.32 Å². The Kier molecular flexibility index (Phi) is 9.75. The second-order valence-corrected chi connectivity index (χ2v) is 7.13. The molecule has 0 atom stereocenters. The van der Waals surface area contributed by atoms with Gasteiger partial charge in [0, 0.05) is 19.8 Å². The lowest BCUT2D eigenvalue weighted by Crippen LogP contribution is -2.56. The molecule has 0 aliphatic rings. The van der Waals surface area contributed by atoms with Crippen LogP contribution in [0, 0.1) is 0 Å². The zero-order chi connectivity index (χ0) is 19.7. The third kappa shape index (κ3) is 6.99. The van der Waals surface area contributed by atoms with E-state index in [0.717, 1.165) is 0 Å². The first kappa shape index (κ1) is 23.9. The molecule has 1 N–H and O–H groups in total. The van der Waals surface area contributed by atoms with Crippen LogP contribution in [0.2, 0.25) is 0 Å². The van der Waals surface area contributed by atoms with E-state index in [1.54, 1.807) is 20.8 Å². The fourth-order valence-corrected chi connectivity index (χ4v) is 3.82. The SMILES string of the molecule is CCO[Si](CNC(=O)OCC(F)(F)C(F)(F)C(F)F)(OCC)OCC. The number of rotatable bonds is 12. The molecular formula is C12H21F6NO5Si. The van der Waals surface area contributed by atoms with Gasteiger partial charge in [-0.25, -0.2) is 13.6 Å². The Morgan fingerprint density at radius 3 is 1.80 bits per heavy atom. The van der Waals surface area contributed by atoms with E-state index >= 15 is 0 Å². The molecule has 0 heterocycles. The third-order valence-electron chi connectivity index (χ3n) is 2.69. The minimum atomic E-state index is -5.63. The highest BCUT2D eigenvalue weighted by molar-refractivity contribution is 6.61. The van der Waals surface area contributed by atoms with Crippen LogP contribution in [0.4, 0.5) is 31.1 Å². The summed E-state index contributed by atoms with van der Waals surface area (Å²) in [6, 6.07) is 0. The second-order valence-electron chi connectivity index (χ2n) is 4.54. The molecule has 0 aliphatic heterocycles. The minimum Gasteiger partial charge on any atom is -0.443 e. The van der Waals surface area contributed by atoms with Gasteiger partial charge in [-0.3, -0.25) is 0 Å². The van der Waals surface area contributed by atoms with Gasteiger partial charge in [-0.2, -0.15) is 17.6 Å². The van der Waals surface area contributed by atoms with Crippen molar-refractivity contribution in [2.45, 2.75) is 39.0 Å². The van der Waals surface area contributed by atoms with E-state index in [2.05, 4.69) is 4.74 Å². The molecule has 0 rings (SSSR count). The molecule has 1 amide bonds. The van der Waals surface area contributed by atoms with Crippen molar-refractivity contribution >= 4 is 14.9 Å². The van der Waals surface area contributed by atoms with Crippen molar-refractivity contribution in [2.75, 3.05) is 32.6 Å². The number of amides is 1. The number of carbonyl (C=O) groups excluding carboxylic acids is 1. The van der Waals surface area contributed by atoms with E-state index in [1.165, 1.54) is 0 Å². The molecule has 0 unspecified atom stereocenters. The molecular weight excluding hydrogens is 380 g/mol. The zero-order valence-corrected chi connectivity index (χ0v) is 14.9. The lowest BCUT2D eigenvalue weighted by Gasteiger charge is -2.28. The molecule has 0 aromatic heterocycles. The van der Waals surface area contributed by atoms with Gasteiger partial charge in [0.15, 0.2) is 6.61 Å². The average molecular weight is 401 g/mol. The van der Waals surface area contributed by atoms with Crippen LogP contribution in [0.1, 0.15) is 20.8 Å². The van der Waals surface area contributed by atoms with Crippen LogP contribution in [0.25, 0.3) is 0 Å². The van der Waals surface area contributed by atoms with Gasteiger partial charge in [0.1, 0.15) is 0 Å². The Bertz CT molecular complexity index is 398. The summed E-state index contributed by atoms with van der Waals surface area (Å²) < 4.78 is 95.4. The fourth-order valence-electron chi connectivity index (χ4n) is 1.58. The maximum atomic E-state index is 13.0. The maximum absolute atomic E-state index is 13.0. The molecule has 0 saturated heterocycles. The van der Waals surface area contributed by atoms with Crippen LogP contribution in [-0.2, 0) is 18.0 Å². The number of hydrogen-bond acceptors (Lipinski definition) is 5. The molecule has 0 fully saturated rings. The van der Waals surface area contributed by atoms with Gasteiger partial charge in [-0.1, -0.05) is 0 Å². The number of alkyl carbamates (subject to hydrolysis) is 1. The van der Waals surface area contributed by atoms with Crippen LogP contribution in [0.3, 0.4) is 0 Å². The van der Waals surface area contributed by atoms with Crippen LogP contribution in [-0.4, -0.2) is 65.8 Å². The molecule has 13 heteroatoms. The van der Waals surface area contributed by atoms with Crippen molar-refractivity contribution in [2.24, 2.45) is 0 Å². The van der Waals surface area contributed by atoms with Gasteiger partial charge >= 0.3 is 33.2 Å². The normalized spacial score (nSPS) is 13.2. The molecule has 0 aliphatic carbocycles. The number of ether oxygens (including phenoxy) is 1. The van der Waals surface area contributed by atoms with Crippen LogP contribution < -0.4 is 5.32 Å². The Morgan fingerprint density at radius 1 is 1.00 bits per heavy atom. The largest absolute Gasteiger partial charge is 0.521 e. The summed E-state index contributed by atoms with van der Waals surface area (Å²) in [5, 5.41) is 1.99. The molecule has 0 spiro atoms. The average Bonchev–Trinajstić information content (AvgIpc) is 2.51. The van der Waals surface area contributed by atoms with Gasteiger partial charge in [0.2, 0.25) is 0 Å². The number of alkyl halides is 6. The molecule has 25 heavy (non-hydrogen) atoms. The minimum absolute atomic E-state index is 0.168. The first-order valence-electron chi connectivity index (χ1n) is 7.34. The standard InChI is InChI=1S/C12H21F6NO5Si/c1-4-22-25(23-5-2,24-6-3)8-19-10(20)21-7-11(15,16)12(17,18)9(13)14/h9H,4-8H2,1-3H3,(H,19,20). The lowest BCUT2D eigenvalue weighted by molar-refractivity contribution is -0.273. The summed E-state index contributed by atoms with van der Waals surface area (Å²) in [6.07, 6.45) is -6.51. The highest BCUT2D eigenvalue weighted by atomic mass is 28.4. The summed E-state index contributed by atoms with van der Waals surface area (Å²) in [5.74, 6) is -10.9. The van der Waals surface area contributed by atoms with E-state index in [9.17, 15) is 31.1 Å². The first-order valence-corrected chi connectivity index (χ1v) is 9.27. The molecule has 0 aromatic rings. The molecule has 0 bridgehead atoms. The Balaban J connectivity index is 4.72. The lowest BCUT2D eigenvalue weighted by atomic mass is 10.2. The third-order valence-corrected chi connectivity index (χ3v) is 5.48. The summed E-state index contributed by atoms with van der Waals surface area (Å²) in [7, 11) is -3.36. The summed E-state index contributed by atoms with van der Waals surface area (Å²) in [4.78, 5) is 11.4. The van der Waals surface area contributed by atoms with E-state index in [0.29, 0.717) is 0 Å². The van der Waals surface area contributed by atoms with Crippen molar-refractivity contribution < 1.29 is 49.2 Å². The maximum Gasteiger partial charge on any atom is 0.521 e. The molecule has 0 aromatic carbocycles. The van der Waals surface area contributed by atoms with Gasteiger partial charge in [-0.05, 0) is 20.8 Å². The number of hydrogen-bond donors (Lipinski definition) is 1. The van der Waals surface area contributed by atoms with Gasteiger partial charge in [0.25, 0.3) is 0 Å².